The van der Waals surface area contributed by atoms with Crippen LogP contribution in [0.3, 0.4) is 0 Å². The molecule has 2 aromatic rings. The normalized spacial score (nSPS) is 19.2. The number of nitrogens with zero attached hydrogens (tertiary/aromatic N) is 2. The highest BCUT2D eigenvalue weighted by atomic mass is 15.3. The van der Waals surface area contributed by atoms with Crippen LogP contribution in [0.25, 0.3) is 0 Å². The first-order chi connectivity index (χ1) is 10.3. The van der Waals surface area contributed by atoms with E-state index in [1.807, 2.05) is 10.9 Å². The first-order valence-corrected chi connectivity index (χ1v) is 7.84. The van der Waals surface area contributed by atoms with Crippen molar-refractivity contribution in [2.24, 2.45) is 11.8 Å². The topological polar surface area (TPSA) is 55.9 Å². The van der Waals surface area contributed by atoms with Crippen molar-refractivity contribution in [2.75, 3.05) is 0 Å². The van der Waals surface area contributed by atoms with Gasteiger partial charge in [0.25, 0.3) is 0 Å². The Morgan fingerprint density at radius 2 is 2.19 bits per heavy atom. The van der Waals surface area contributed by atoms with E-state index >= 15 is 0 Å². The summed E-state index contributed by atoms with van der Waals surface area (Å²) in [6.07, 6.45) is 8.52. The Morgan fingerprint density at radius 1 is 1.38 bits per heavy atom. The maximum Gasteiger partial charge on any atom is 0.0522 e. The fraction of sp³-hybridized carbons (Fsp3) is 0.471. The highest BCUT2D eigenvalue weighted by Crippen LogP contribution is 2.28. The van der Waals surface area contributed by atoms with E-state index in [0.29, 0.717) is 12.0 Å². The smallest absolute Gasteiger partial charge is 0.0522 e. The van der Waals surface area contributed by atoms with Gasteiger partial charge in [0.1, 0.15) is 0 Å². The number of hydrogen-bond acceptors (Lipinski definition) is 3. The zero-order valence-corrected chi connectivity index (χ0v) is 12.6. The van der Waals surface area contributed by atoms with Crippen molar-refractivity contribution in [3.05, 3.63) is 53.3 Å². The van der Waals surface area contributed by atoms with Crippen LogP contribution in [0.5, 0.6) is 0 Å². The monoisotopic (exact) mass is 284 g/mol. The average molecular weight is 284 g/mol. The number of nitrogens with one attached hydrogen (secondary N) is 1. The maximum absolute atomic E-state index is 5.83. The summed E-state index contributed by atoms with van der Waals surface area (Å²) in [7, 11) is 0. The minimum absolute atomic E-state index is 0.313. The molecule has 0 saturated heterocycles. The summed E-state index contributed by atoms with van der Waals surface area (Å²) in [5.74, 6) is 6.43. The number of aromatic nitrogens is 2. The number of hydrazine groups is 1. The summed E-state index contributed by atoms with van der Waals surface area (Å²) in [5, 5.41) is 4.35. The van der Waals surface area contributed by atoms with Gasteiger partial charge in [-0.3, -0.25) is 16.0 Å². The van der Waals surface area contributed by atoms with Crippen molar-refractivity contribution in [2.45, 2.75) is 45.2 Å². The van der Waals surface area contributed by atoms with Crippen LogP contribution in [0.1, 0.15) is 30.0 Å². The van der Waals surface area contributed by atoms with Gasteiger partial charge in [-0.1, -0.05) is 24.3 Å². The minimum atomic E-state index is 0.313. The molecule has 0 radical (unpaired) electrons. The van der Waals surface area contributed by atoms with E-state index in [0.717, 1.165) is 25.8 Å². The van der Waals surface area contributed by atoms with E-state index in [2.05, 4.69) is 47.9 Å². The molecule has 4 heteroatoms. The van der Waals surface area contributed by atoms with E-state index in [1.54, 1.807) is 0 Å². The summed E-state index contributed by atoms with van der Waals surface area (Å²) < 4.78 is 1.97. The lowest BCUT2D eigenvalue weighted by molar-refractivity contribution is 0.321. The van der Waals surface area contributed by atoms with Crippen LogP contribution in [0, 0.1) is 5.92 Å². The molecule has 0 amide bonds. The van der Waals surface area contributed by atoms with Gasteiger partial charge in [0.05, 0.1) is 6.20 Å². The molecule has 21 heavy (non-hydrogen) atoms. The summed E-state index contributed by atoms with van der Waals surface area (Å²) in [4.78, 5) is 0. The molecular weight excluding hydrogens is 260 g/mol. The third kappa shape index (κ3) is 3.17. The van der Waals surface area contributed by atoms with E-state index in [-0.39, 0.29) is 0 Å². The van der Waals surface area contributed by atoms with Gasteiger partial charge in [-0.05, 0) is 55.2 Å². The third-order valence-corrected chi connectivity index (χ3v) is 4.63. The van der Waals surface area contributed by atoms with E-state index in [4.69, 9.17) is 5.84 Å². The average Bonchev–Trinajstić information content (AvgIpc) is 3.00. The lowest BCUT2D eigenvalue weighted by Crippen LogP contribution is -2.44. The zero-order valence-electron chi connectivity index (χ0n) is 12.6. The number of hydrogen-bond donors (Lipinski definition) is 2. The van der Waals surface area contributed by atoms with E-state index in [9.17, 15) is 0 Å². The molecule has 0 spiro atoms. The van der Waals surface area contributed by atoms with Crippen molar-refractivity contribution in [3.63, 3.8) is 0 Å². The van der Waals surface area contributed by atoms with Gasteiger partial charge < -0.3 is 0 Å². The number of rotatable bonds is 5. The molecule has 1 aromatic heterocycles. The molecule has 1 aliphatic rings. The summed E-state index contributed by atoms with van der Waals surface area (Å²) >= 11 is 0. The van der Waals surface area contributed by atoms with Crippen molar-refractivity contribution in [3.8, 4) is 0 Å². The highest BCUT2D eigenvalue weighted by molar-refractivity contribution is 5.30. The van der Waals surface area contributed by atoms with Gasteiger partial charge in [-0.25, -0.2) is 0 Å². The first-order valence-electron chi connectivity index (χ1n) is 7.84. The van der Waals surface area contributed by atoms with Gasteiger partial charge in [0, 0.05) is 18.8 Å². The van der Waals surface area contributed by atoms with Crippen LogP contribution in [0.4, 0.5) is 0 Å². The summed E-state index contributed by atoms with van der Waals surface area (Å²) in [6.45, 7) is 3.02. The molecule has 0 saturated carbocycles. The largest absolute Gasteiger partial charge is 0.273 e. The molecule has 2 atom stereocenters. The van der Waals surface area contributed by atoms with Gasteiger partial charge >= 0.3 is 0 Å². The van der Waals surface area contributed by atoms with Crippen molar-refractivity contribution < 1.29 is 0 Å². The second-order valence-electron chi connectivity index (χ2n) is 5.95. The minimum Gasteiger partial charge on any atom is -0.273 e. The van der Waals surface area contributed by atoms with Crippen LogP contribution in [-0.4, -0.2) is 15.8 Å². The van der Waals surface area contributed by atoms with Gasteiger partial charge in [-0.15, -0.1) is 0 Å². The number of benzene rings is 1. The predicted octanol–water partition coefficient (Wildman–Crippen LogP) is 2.08. The molecule has 1 heterocycles. The third-order valence-electron chi connectivity index (χ3n) is 4.63. The highest BCUT2D eigenvalue weighted by Gasteiger charge is 2.25. The van der Waals surface area contributed by atoms with Gasteiger partial charge in [0.15, 0.2) is 0 Å². The van der Waals surface area contributed by atoms with Crippen molar-refractivity contribution in [1.29, 1.82) is 0 Å². The molecule has 4 nitrogen and oxygen atoms in total. The Bertz CT molecular complexity index is 590. The second kappa shape index (κ2) is 6.41. The number of aryl methyl sites for hydroxylation is 2. The Hall–Kier alpha value is -1.65. The number of nitrogens with two attached hydrogens (primary N) is 1. The summed E-state index contributed by atoms with van der Waals surface area (Å²) in [5.41, 5.74) is 7.29. The Labute approximate surface area is 126 Å². The molecule has 1 aromatic carbocycles. The van der Waals surface area contributed by atoms with E-state index in [1.165, 1.54) is 23.1 Å². The van der Waals surface area contributed by atoms with Crippen molar-refractivity contribution in [1.82, 2.24) is 15.2 Å². The zero-order chi connectivity index (χ0) is 14.7. The molecule has 1 aliphatic carbocycles. The Kier molecular flexibility index (Phi) is 4.36. The predicted molar refractivity (Wildman–Crippen MR) is 84.7 cm³/mol. The number of fused-ring (bicyclic) bond motifs is 1. The SMILES string of the molecule is CCn1cc(CC(NN)C2CCc3ccccc3C2)cn1. The standard InChI is InChI=1S/C17H24N4/c1-2-21-12-13(11-19-21)9-17(20-18)16-8-7-14-5-3-4-6-15(14)10-16/h3-6,11-12,16-17,20H,2,7-10,18H2,1H3. The van der Waals surface area contributed by atoms with Gasteiger partial charge in [-0.2, -0.15) is 5.10 Å². The van der Waals surface area contributed by atoms with Crippen LogP contribution in [-0.2, 0) is 25.8 Å². The fourth-order valence-electron chi connectivity index (χ4n) is 3.37. The second-order valence-corrected chi connectivity index (χ2v) is 5.95. The maximum atomic E-state index is 5.83. The fourth-order valence-corrected chi connectivity index (χ4v) is 3.37. The Balaban J connectivity index is 1.69. The van der Waals surface area contributed by atoms with Crippen LogP contribution >= 0.6 is 0 Å². The molecule has 0 bridgehead atoms. The molecule has 3 rings (SSSR count). The summed E-state index contributed by atoms with van der Waals surface area (Å²) in [6, 6.07) is 9.09. The van der Waals surface area contributed by atoms with E-state index < -0.39 is 0 Å². The Morgan fingerprint density at radius 3 is 2.90 bits per heavy atom. The first kappa shape index (κ1) is 14.3. The molecular formula is C17H24N4. The molecule has 2 unspecified atom stereocenters. The molecule has 0 aliphatic heterocycles. The lowest BCUT2D eigenvalue weighted by Gasteiger charge is -2.31. The van der Waals surface area contributed by atoms with Crippen LogP contribution in [0.15, 0.2) is 36.7 Å². The van der Waals surface area contributed by atoms with Gasteiger partial charge in [0.2, 0.25) is 0 Å². The van der Waals surface area contributed by atoms with Crippen LogP contribution < -0.4 is 11.3 Å². The molecule has 112 valence electrons. The molecule has 3 N–H and O–H groups in total. The van der Waals surface area contributed by atoms with Crippen LogP contribution in [0.2, 0.25) is 0 Å². The van der Waals surface area contributed by atoms with Crippen molar-refractivity contribution >= 4 is 0 Å². The molecule has 0 fully saturated rings. The quantitative estimate of drug-likeness (QED) is 0.653. The lowest BCUT2D eigenvalue weighted by atomic mass is 9.79.